The van der Waals surface area contributed by atoms with Gasteiger partial charge < -0.3 is 4.74 Å². The summed E-state index contributed by atoms with van der Waals surface area (Å²) in [5.74, 6) is 6.27. The molecule has 0 aromatic carbocycles. The Kier molecular flexibility index (Phi) is 21.3. The zero-order chi connectivity index (χ0) is 39.5. The maximum atomic E-state index is 12.9. The Bertz CT molecular complexity index is 1070. The monoisotopic (exact) mass is 765 g/mol. The molecular formula is C53H96O2. The first-order chi connectivity index (χ1) is 26.6. The summed E-state index contributed by atoms with van der Waals surface area (Å²) >= 11 is 0. The van der Waals surface area contributed by atoms with Crippen molar-refractivity contribution in [2.45, 2.75) is 266 Å². The largest absolute Gasteiger partial charge is 0.462 e. The van der Waals surface area contributed by atoms with E-state index in [4.69, 9.17) is 4.74 Å². The second kappa shape index (κ2) is 25.0. The smallest absolute Gasteiger partial charge is 0.306 e. The quantitative estimate of drug-likeness (QED) is 0.0431. The minimum Gasteiger partial charge on any atom is -0.462 e. The number of hydrogen-bond donors (Lipinski definition) is 0. The number of carbonyl (C=O) groups excluding carboxylic acids is 1. The zero-order valence-corrected chi connectivity index (χ0v) is 38.3. The highest BCUT2D eigenvalue weighted by Crippen LogP contribution is 2.67. The Balaban J connectivity index is 0.981. The molecule has 55 heavy (non-hydrogen) atoms. The Morgan fingerprint density at radius 3 is 1.78 bits per heavy atom. The van der Waals surface area contributed by atoms with E-state index >= 15 is 0 Å². The van der Waals surface area contributed by atoms with Gasteiger partial charge in [0, 0.05) is 12.8 Å². The molecule has 0 amide bonds. The molecule has 4 rings (SSSR count). The fourth-order valence-electron chi connectivity index (χ4n) is 13.0. The van der Waals surface area contributed by atoms with Crippen LogP contribution >= 0.6 is 0 Å². The van der Waals surface area contributed by atoms with E-state index in [0.29, 0.717) is 17.3 Å². The van der Waals surface area contributed by atoms with Crippen LogP contribution in [0.15, 0.2) is 11.6 Å². The van der Waals surface area contributed by atoms with Crippen LogP contribution in [0, 0.1) is 52.3 Å². The number of unbranched alkanes of at least 4 members (excludes halogenated alkanes) is 18. The third kappa shape index (κ3) is 14.8. The van der Waals surface area contributed by atoms with Gasteiger partial charge in [-0.3, -0.25) is 4.79 Å². The van der Waals surface area contributed by atoms with Crippen molar-refractivity contribution in [3.8, 4) is 0 Å². The highest BCUT2D eigenvalue weighted by atomic mass is 16.5. The number of hydrogen-bond acceptors (Lipinski definition) is 2. The SMILES string of the molecule is CCC(C)CCCCCCCCCCCCCCCCCCCCCC(=O)O[C@H]1CC[C@@]2(C)C(=CC[C@H]3[C@@H]4CC[C@H]([C@H](C)CCCC(C)C)[C@@]4(C)CC[C@@H]32)C1. The van der Waals surface area contributed by atoms with Crippen molar-refractivity contribution in [2.24, 2.45) is 52.3 Å². The van der Waals surface area contributed by atoms with Crippen LogP contribution in [0.25, 0.3) is 0 Å². The lowest BCUT2D eigenvalue weighted by Gasteiger charge is -2.58. The predicted molar refractivity (Wildman–Crippen MR) is 239 cm³/mol. The van der Waals surface area contributed by atoms with Crippen LogP contribution < -0.4 is 0 Å². The Morgan fingerprint density at radius 1 is 0.655 bits per heavy atom. The van der Waals surface area contributed by atoms with Crippen LogP contribution in [0.1, 0.15) is 260 Å². The van der Waals surface area contributed by atoms with Crippen molar-refractivity contribution in [3.05, 3.63) is 11.6 Å². The number of rotatable bonds is 29. The maximum Gasteiger partial charge on any atom is 0.306 e. The standard InChI is InChI=1S/C53H96O2/c1-8-43(4)30-26-24-22-20-18-16-14-12-10-9-11-13-15-17-19-21-23-25-27-32-51(54)55-46-37-39-52(6)45(41-46)33-34-47-49-36-35-48(44(5)31-28-29-42(2)3)53(49,7)40-38-50(47)52/h33,42-44,46-50H,8-32,34-41H2,1-7H3/t43?,44-,46+,47+,48-,49+,50+,52+,53-/m1/s1. The first kappa shape index (κ1) is 46.9. The number of carbonyl (C=O) groups is 1. The summed E-state index contributed by atoms with van der Waals surface area (Å²) in [5, 5.41) is 0. The van der Waals surface area contributed by atoms with Gasteiger partial charge in [0.25, 0.3) is 0 Å². The van der Waals surface area contributed by atoms with Gasteiger partial charge >= 0.3 is 5.97 Å². The topological polar surface area (TPSA) is 26.3 Å². The predicted octanol–water partition coefficient (Wildman–Crippen LogP) is 17.2. The van der Waals surface area contributed by atoms with Gasteiger partial charge in [-0.15, -0.1) is 0 Å². The molecule has 1 unspecified atom stereocenters. The molecule has 0 N–H and O–H groups in total. The minimum atomic E-state index is 0.0683. The number of allylic oxidation sites excluding steroid dienone is 1. The van der Waals surface area contributed by atoms with E-state index in [1.807, 2.05) is 0 Å². The molecule has 320 valence electrons. The first-order valence-electron chi connectivity index (χ1n) is 25.5. The van der Waals surface area contributed by atoms with Crippen LogP contribution in [0.5, 0.6) is 0 Å². The molecule has 9 atom stereocenters. The molecule has 4 aliphatic carbocycles. The van der Waals surface area contributed by atoms with Gasteiger partial charge in [-0.25, -0.2) is 0 Å². The summed E-state index contributed by atoms with van der Waals surface area (Å²) in [6.07, 6.45) is 47.2. The van der Waals surface area contributed by atoms with Crippen LogP contribution in [0.4, 0.5) is 0 Å². The van der Waals surface area contributed by atoms with Crippen molar-refractivity contribution < 1.29 is 9.53 Å². The second-order valence-corrected chi connectivity index (χ2v) is 21.4. The second-order valence-electron chi connectivity index (χ2n) is 21.4. The van der Waals surface area contributed by atoms with Gasteiger partial charge in [0.1, 0.15) is 6.10 Å². The molecule has 0 aliphatic heterocycles. The number of ether oxygens (including phenoxy) is 1. The van der Waals surface area contributed by atoms with Crippen LogP contribution in [-0.4, -0.2) is 12.1 Å². The van der Waals surface area contributed by atoms with Crippen molar-refractivity contribution in [1.29, 1.82) is 0 Å². The van der Waals surface area contributed by atoms with Gasteiger partial charge in [-0.2, -0.15) is 0 Å². The highest BCUT2D eigenvalue weighted by Gasteiger charge is 2.59. The third-order valence-electron chi connectivity index (χ3n) is 16.8. The summed E-state index contributed by atoms with van der Waals surface area (Å²) in [6, 6.07) is 0. The maximum absolute atomic E-state index is 12.9. The van der Waals surface area contributed by atoms with Gasteiger partial charge in [-0.05, 0) is 104 Å². The minimum absolute atomic E-state index is 0.0683. The fraction of sp³-hybridized carbons (Fsp3) is 0.943. The summed E-state index contributed by atoms with van der Waals surface area (Å²) in [4.78, 5) is 12.9. The van der Waals surface area contributed by atoms with E-state index in [0.717, 1.165) is 60.7 Å². The molecule has 2 heteroatoms. The van der Waals surface area contributed by atoms with E-state index in [-0.39, 0.29) is 12.1 Å². The normalized spacial score (nSPS) is 30.0. The lowest BCUT2D eigenvalue weighted by Crippen LogP contribution is -2.51. The van der Waals surface area contributed by atoms with E-state index in [1.54, 1.807) is 5.57 Å². The summed E-state index contributed by atoms with van der Waals surface area (Å²) < 4.78 is 6.16. The molecule has 3 fully saturated rings. The molecular weight excluding hydrogens is 669 g/mol. The fourth-order valence-corrected chi connectivity index (χ4v) is 13.0. The van der Waals surface area contributed by atoms with Crippen molar-refractivity contribution in [3.63, 3.8) is 0 Å². The summed E-state index contributed by atoms with van der Waals surface area (Å²) in [6.45, 7) is 17.4. The molecule has 0 aromatic heterocycles. The molecule has 0 radical (unpaired) electrons. The van der Waals surface area contributed by atoms with Gasteiger partial charge in [0.15, 0.2) is 0 Å². The summed E-state index contributed by atoms with van der Waals surface area (Å²) in [5.41, 5.74) is 2.54. The highest BCUT2D eigenvalue weighted by molar-refractivity contribution is 5.69. The lowest BCUT2D eigenvalue weighted by atomic mass is 9.47. The van der Waals surface area contributed by atoms with E-state index in [1.165, 1.54) is 186 Å². The molecule has 3 saturated carbocycles. The zero-order valence-electron chi connectivity index (χ0n) is 38.3. The number of esters is 1. The third-order valence-corrected chi connectivity index (χ3v) is 16.8. The Labute approximate surface area is 344 Å². The van der Waals surface area contributed by atoms with Crippen LogP contribution in [0.2, 0.25) is 0 Å². The van der Waals surface area contributed by atoms with Crippen LogP contribution in [0.3, 0.4) is 0 Å². The molecule has 0 saturated heterocycles. The first-order valence-corrected chi connectivity index (χ1v) is 25.5. The van der Waals surface area contributed by atoms with Crippen molar-refractivity contribution in [2.75, 3.05) is 0 Å². The number of fused-ring (bicyclic) bond motifs is 5. The Hall–Kier alpha value is -0.790. The van der Waals surface area contributed by atoms with Gasteiger partial charge in [0.2, 0.25) is 0 Å². The Morgan fingerprint density at radius 2 is 1.22 bits per heavy atom. The molecule has 2 nitrogen and oxygen atoms in total. The van der Waals surface area contributed by atoms with E-state index in [9.17, 15) is 4.79 Å². The van der Waals surface area contributed by atoms with Crippen molar-refractivity contribution >= 4 is 5.97 Å². The molecule has 4 aliphatic rings. The van der Waals surface area contributed by atoms with E-state index < -0.39 is 0 Å². The molecule has 0 heterocycles. The lowest BCUT2D eigenvalue weighted by molar-refractivity contribution is -0.151. The van der Waals surface area contributed by atoms with Gasteiger partial charge in [0.05, 0.1) is 0 Å². The molecule has 0 spiro atoms. The van der Waals surface area contributed by atoms with Gasteiger partial charge in [-0.1, -0.05) is 208 Å². The van der Waals surface area contributed by atoms with Crippen LogP contribution in [-0.2, 0) is 9.53 Å². The molecule has 0 bridgehead atoms. The average molecular weight is 765 g/mol. The van der Waals surface area contributed by atoms with Crippen molar-refractivity contribution in [1.82, 2.24) is 0 Å². The average Bonchev–Trinajstić information content (AvgIpc) is 3.52. The summed E-state index contributed by atoms with van der Waals surface area (Å²) in [7, 11) is 0. The van der Waals surface area contributed by atoms with E-state index in [2.05, 4.69) is 54.5 Å². The molecule has 0 aromatic rings.